The van der Waals surface area contributed by atoms with Crippen LogP contribution in [0, 0.1) is 0 Å². The summed E-state index contributed by atoms with van der Waals surface area (Å²) >= 11 is 0. The summed E-state index contributed by atoms with van der Waals surface area (Å²) in [6.07, 6.45) is 0. The molecule has 3 heteroatoms. The van der Waals surface area contributed by atoms with Crippen LogP contribution in [-0.4, -0.2) is 10.1 Å². The molecular formula is C17H26N2O. The number of nitrogens with zero attached hydrogens (tertiary/aromatic N) is 1. The zero-order chi connectivity index (χ0) is 15.0. The summed E-state index contributed by atoms with van der Waals surface area (Å²) in [7, 11) is 0. The largest absolute Gasteiger partial charge is 0.337 e. The fourth-order valence-corrected chi connectivity index (χ4v) is 2.44. The zero-order valence-electron chi connectivity index (χ0n) is 13.4. The first-order valence-electron chi connectivity index (χ1n) is 7.17. The van der Waals surface area contributed by atoms with Crippen LogP contribution in [0.15, 0.2) is 30.3 Å². The summed E-state index contributed by atoms with van der Waals surface area (Å²) in [4.78, 5) is 5.68. The molecule has 110 valence electrons. The minimum atomic E-state index is -0.0431. The van der Waals surface area contributed by atoms with Gasteiger partial charge in [0, 0.05) is 22.3 Å². The van der Waals surface area contributed by atoms with Gasteiger partial charge in [0.05, 0.1) is 0 Å². The summed E-state index contributed by atoms with van der Waals surface area (Å²) in [5.74, 6) is 0. The number of nitrogens with one attached hydrogen (secondary N) is 1. The number of hydrogen-bond donors (Lipinski definition) is 1. The molecule has 1 heterocycles. The van der Waals surface area contributed by atoms with Gasteiger partial charge in [-0.25, -0.2) is 0 Å². The molecule has 0 atom stereocenters. The maximum absolute atomic E-state index is 5.68. The third kappa shape index (κ3) is 3.41. The first-order valence-corrected chi connectivity index (χ1v) is 7.17. The predicted octanol–water partition coefficient (Wildman–Crippen LogP) is 4.22. The van der Waals surface area contributed by atoms with E-state index in [0.717, 1.165) is 0 Å². The highest BCUT2D eigenvalue weighted by atomic mass is 16.6. The Morgan fingerprint density at radius 1 is 1.05 bits per heavy atom. The average Bonchev–Trinajstić information content (AvgIpc) is 2.64. The van der Waals surface area contributed by atoms with E-state index in [4.69, 9.17) is 4.84 Å². The van der Waals surface area contributed by atoms with Gasteiger partial charge in [-0.15, -0.1) is 0 Å². The Morgan fingerprint density at radius 2 is 1.70 bits per heavy atom. The number of hydroxylamine groups is 1. The van der Waals surface area contributed by atoms with Gasteiger partial charge >= 0.3 is 0 Å². The highest BCUT2D eigenvalue weighted by molar-refractivity contribution is 5.81. The van der Waals surface area contributed by atoms with Crippen LogP contribution in [0.3, 0.4) is 0 Å². The molecule has 0 bridgehead atoms. The Bertz CT molecular complexity index is 585. The molecule has 2 aromatic rings. The van der Waals surface area contributed by atoms with Crippen LogP contribution in [0.1, 0.15) is 47.2 Å². The highest BCUT2D eigenvalue weighted by Crippen LogP contribution is 2.27. The monoisotopic (exact) mass is 274 g/mol. The first-order chi connectivity index (χ1) is 9.18. The van der Waals surface area contributed by atoms with Crippen molar-refractivity contribution in [3.63, 3.8) is 0 Å². The molecule has 0 aliphatic carbocycles. The molecule has 0 aliphatic rings. The van der Waals surface area contributed by atoms with Crippen molar-refractivity contribution in [2.45, 2.75) is 59.2 Å². The molecule has 0 radical (unpaired) electrons. The van der Waals surface area contributed by atoms with E-state index < -0.39 is 0 Å². The summed E-state index contributed by atoms with van der Waals surface area (Å²) < 4.78 is 2.35. The van der Waals surface area contributed by atoms with Crippen molar-refractivity contribution < 1.29 is 4.84 Å². The van der Waals surface area contributed by atoms with Gasteiger partial charge in [-0.1, -0.05) is 18.2 Å². The molecule has 0 fully saturated rings. The van der Waals surface area contributed by atoms with Crippen molar-refractivity contribution in [1.82, 2.24) is 10.0 Å². The Hall–Kier alpha value is -1.32. The number of hydrogen-bond acceptors (Lipinski definition) is 2. The topological polar surface area (TPSA) is 26.2 Å². The van der Waals surface area contributed by atoms with Crippen molar-refractivity contribution in [2.24, 2.45) is 0 Å². The van der Waals surface area contributed by atoms with Crippen molar-refractivity contribution in [2.75, 3.05) is 0 Å². The second kappa shape index (κ2) is 5.23. The van der Waals surface area contributed by atoms with Gasteiger partial charge in [0.1, 0.15) is 6.61 Å². The van der Waals surface area contributed by atoms with E-state index in [9.17, 15) is 0 Å². The van der Waals surface area contributed by atoms with Gasteiger partial charge in [0.15, 0.2) is 0 Å². The molecule has 0 saturated carbocycles. The predicted molar refractivity (Wildman–Crippen MR) is 84.6 cm³/mol. The lowest BCUT2D eigenvalue weighted by molar-refractivity contribution is -0.0208. The van der Waals surface area contributed by atoms with Crippen LogP contribution in [0.5, 0.6) is 0 Å². The Labute approximate surface area is 121 Å². The summed E-state index contributed by atoms with van der Waals surface area (Å²) in [5.41, 5.74) is 5.52. The van der Waals surface area contributed by atoms with E-state index in [1.54, 1.807) is 0 Å². The van der Waals surface area contributed by atoms with Crippen molar-refractivity contribution in [3.8, 4) is 0 Å². The fourth-order valence-electron chi connectivity index (χ4n) is 2.44. The zero-order valence-corrected chi connectivity index (χ0v) is 13.4. The van der Waals surface area contributed by atoms with E-state index in [2.05, 4.69) is 81.9 Å². The number of rotatable bonds is 3. The molecule has 0 unspecified atom stereocenters. The highest BCUT2D eigenvalue weighted by Gasteiger charge is 2.20. The Morgan fingerprint density at radius 3 is 2.30 bits per heavy atom. The lowest BCUT2D eigenvalue weighted by atomic mass is 10.1. The maximum Gasteiger partial charge on any atom is 0.108 e. The van der Waals surface area contributed by atoms with Crippen LogP contribution < -0.4 is 5.48 Å². The van der Waals surface area contributed by atoms with Gasteiger partial charge in [-0.3, -0.25) is 4.84 Å². The van der Waals surface area contributed by atoms with Crippen LogP contribution in [0.2, 0.25) is 0 Å². The van der Waals surface area contributed by atoms with E-state index in [1.807, 2.05) is 0 Å². The SMILES string of the molecule is CC(C)(C)NOCc1cc2ccccc2n1C(C)(C)C. The number of fused-ring (bicyclic) bond motifs is 1. The number of para-hydroxylation sites is 1. The third-order valence-corrected chi connectivity index (χ3v) is 3.06. The molecule has 1 aromatic heterocycles. The fraction of sp³-hybridized carbons (Fsp3) is 0.529. The summed E-state index contributed by atoms with van der Waals surface area (Å²) in [6, 6.07) is 10.7. The van der Waals surface area contributed by atoms with Crippen LogP contribution in [0.4, 0.5) is 0 Å². The van der Waals surface area contributed by atoms with Crippen molar-refractivity contribution in [3.05, 3.63) is 36.0 Å². The third-order valence-electron chi connectivity index (χ3n) is 3.06. The Kier molecular flexibility index (Phi) is 3.94. The quantitative estimate of drug-likeness (QED) is 0.848. The molecule has 2 rings (SSSR count). The standard InChI is InChI=1S/C17H26N2O/c1-16(2,3)18-20-12-14-11-13-9-7-8-10-15(13)19(14)17(4,5)6/h7-11,18H,12H2,1-6H3. The molecule has 3 nitrogen and oxygen atoms in total. The van der Waals surface area contributed by atoms with Gasteiger partial charge in [0.2, 0.25) is 0 Å². The smallest absolute Gasteiger partial charge is 0.108 e. The summed E-state index contributed by atoms with van der Waals surface area (Å²) in [6.45, 7) is 13.5. The van der Waals surface area contributed by atoms with Gasteiger partial charge in [-0.2, -0.15) is 5.48 Å². The minimum Gasteiger partial charge on any atom is -0.337 e. The molecule has 20 heavy (non-hydrogen) atoms. The van der Waals surface area contributed by atoms with Gasteiger partial charge in [0.25, 0.3) is 0 Å². The van der Waals surface area contributed by atoms with E-state index in [0.29, 0.717) is 6.61 Å². The Balaban J connectivity index is 2.32. The lowest BCUT2D eigenvalue weighted by Crippen LogP contribution is -2.36. The molecule has 1 N–H and O–H groups in total. The van der Waals surface area contributed by atoms with Crippen molar-refractivity contribution >= 4 is 10.9 Å². The second-order valence-corrected chi connectivity index (χ2v) is 7.34. The number of benzene rings is 1. The van der Waals surface area contributed by atoms with E-state index in [-0.39, 0.29) is 11.1 Å². The second-order valence-electron chi connectivity index (χ2n) is 7.34. The minimum absolute atomic E-state index is 0.0313. The molecule has 0 spiro atoms. The molecular weight excluding hydrogens is 248 g/mol. The van der Waals surface area contributed by atoms with Crippen LogP contribution >= 0.6 is 0 Å². The van der Waals surface area contributed by atoms with Gasteiger partial charge < -0.3 is 4.57 Å². The number of aromatic nitrogens is 1. The summed E-state index contributed by atoms with van der Waals surface area (Å²) in [5, 5.41) is 1.26. The molecule has 0 aliphatic heterocycles. The van der Waals surface area contributed by atoms with Gasteiger partial charge in [-0.05, 0) is 59.1 Å². The molecule has 1 aromatic carbocycles. The lowest BCUT2D eigenvalue weighted by Gasteiger charge is -2.26. The maximum atomic E-state index is 5.68. The van der Waals surface area contributed by atoms with E-state index >= 15 is 0 Å². The average molecular weight is 274 g/mol. The normalized spacial score (nSPS) is 13.1. The van der Waals surface area contributed by atoms with Crippen LogP contribution in [0.25, 0.3) is 10.9 Å². The van der Waals surface area contributed by atoms with Crippen molar-refractivity contribution in [1.29, 1.82) is 0 Å². The first kappa shape index (κ1) is 15.1. The van der Waals surface area contributed by atoms with Crippen LogP contribution in [-0.2, 0) is 17.0 Å². The van der Waals surface area contributed by atoms with E-state index in [1.165, 1.54) is 16.6 Å². The molecule has 0 amide bonds. The molecule has 0 saturated heterocycles.